The van der Waals surface area contributed by atoms with Crippen molar-refractivity contribution in [3.05, 3.63) is 84.2 Å². The number of carbonyl (C=O) groups excluding carboxylic acids is 1. The highest BCUT2D eigenvalue weighted by Gasteiger charge is 2.11. The molecule has 1 heterocycles. The van der Waals surface area contributed by atoms with E-state index in [2.05, 4.69) is 10.3 Å². The Morgan fingerprint density at radius 3 is 2.33 bits per heavy atom. The molecule has 0 aliphatic carbocycles. The largest absolute Gasteiger partial charge is 0.484 e. The fourth-order valence-corrected chi connectivity index (χ4v) is 2.86. The normalized spacial score (nSPS) is 11.5. The lowest BCUT2D eigenvalue weighted by molar-refractivity contribution is -0.123. The molecule has 2 N–H and O–H groups in total. The number of ether oxygens (including phenoxy) is 2. The van der Waals surface area contributed by atoms with Crippen molar-refractivity contribution in [2.45, 2.75) is 13.3 Å². The van der Waals surface area contributed by atoms with Crippen molar-refractivity contribution in [3.63, 3.8) is 0 Å². The maximum absolute atomic E-state index is 12.1. The Bertz CT molecular complexity index is 912. The van der Waals surface area contributed by atoms with Gasteiger partial charge in [0.05, 0.1) is 0 Å². The number of aromatic nitrogens is 1. The highest BCUT2D eigenvalue weighted by atomic mass is 16.5. The molecule has 3 rings (SSSR count). The first-order valence-corrected chi connectivity index (χ1v) is 9.86. The maximum Gasteiger partial charge on any atom is 0.257 e. The minimum atomic E-state index is -0.236. The van der Waals surface area contributed by atoms with Gasteiger partial charge in [-0.2, -0.15) is 0 Å². The molecule has 6 heteroatoms. The number of carbonyl (C=O) groups is 1. The SMILES string of the molecule is Cc1ccc(Oc2ccc(OCC(=O)NCC(CO)Cc3cccnc3)cc2)cc1. The van der Waals surface area contributed by atoms with Crippen molar-refractivity contribution < 1.29 is 19.4 Å². The number of amides is 1. The van der Waals surface area contributed by atoms with Crippen molar-refractivity contribution in [2.75, 3.05) is 19.8 Å². The summed E-state index contributed by atoms with van der Waals surface area (Å²) in [4.78, 5) is 16.1. The van der Waals surface area contributed by atoms with Gasteiger partial charge in [-0.1, -0.05) is 23.8 Å². The summed E-state index contributed by atoms with van der Waals surface area (Å²) < 4.78 is 11.3. The Morgan fingerprint density at radius 1 is 1.03 bits per heavy atom. The quantitative estimate of drug-likeness (QED) is 0.538. The fourth-order valence-electron chi connectivity index (χ4n) is 2.86. The van der Waals surface area contributed by atoms with E-state index in [1.54, 1.807) is 36.7 Å². The molecule has 0 bridgehead atoms. The van der Waals surface area contributed by atoms with E-state index in [1.165, 1.54) is 5.56 Å². The summed E-state index contributed by atoms with van der Waals surface area (Å²) >= 11 is 0. The van der Waals surface area contributed by atoms with Gasteiger partial charge in [-0.3, -0.25) is 9.78 Å². The van der Waals surface area contributed by atoms with Gasteiger partial charge < -0.3 is 19.9 Å². The van der Waals surface area contributed by atoms with Crippen LogP contribution in [0.25, 0.3) is 0 Å². The van der Waals surface area contributed by atoms with Gasteiger partial charge in [0.2, 0.25) is 0 Å². The smallest absolute Gasteiger partial charge is 0.257 e. The second kappa shape index (κ2) is 11.0. The van der Waals surface area contributed by atoms with Crippen LogP contribution in [0.15, 0.2) is 73.1 Å². The molecule has 156 valence electrons. The number of aliphatic hydroxyl groups is 1. The van der Waals surface area contributed by atoms with Gasteiger partial charge in [-0.25, -0.2) is 0 Å². The Morgan fingerprint density at radius 2 is 1.70 bits per heavy atom. The van der Waals surface area contributed by atoms with Crippen LogP contribution in [0.4, 0.5) is 0 Å². The predicted molar refractivity (Wildman–Crippen MR) is 115 cm³/mol. The molecule has 0 aliphatic heterocycles. The van der Waals surface area contributed by atoms with Crippen molar-refractivity contribution in [1.29, 1.82) is 0 Å². The summed E-state index contributed by atoms with van der Waals surface area (Å²) in [6.45, 7) is 2.29. The van der Waals surface area contributed by atoms with E-state index in [4.69, 9.17) is 9.47 Å². The molecule has 6 nitrogen and oxygen atoms in total. The molecule has 2 aromatic carbocycles. The summed E-state index contributed by atoms with van der Waals surface area (Å²) in [6.07, 6.45) is 4.12. The molecule has 1 atom stereocenters. The zero-order chi connectivity index (χ0) is 21.2. The first-order valence-electron chi connectivity index (χ1n) is 9.86. The molecule has 3 aromatic rings. The number of hydrogen-bond donors (Lipinski definition) is 2. The number of pyridine rings is 1. The van der Waals surface area contributed by atoms with Gasteiger partial charge in [0, 0.05) is 31.5 Å². The van der Waals surface area contributed by atoms with E-state index in [1.807, 2.05) is 43.3 Å². The topological polar surface area (TPSA) is 80.7 Å². The number of nitrogens with one attached hydrogen (secondary N) is 1. The number of aliphatic hydroxyl groups excluding tert-OH is 1. The fraction of sp³-hybridized carbons (Fsp3) is 0.250. The lowest BCUT2D eigenvalue weighted by Gasteiger charge is -2.15. The van der Waals surface area contributed by atoms with Crippen LogP contribution in [0.1, 0.15) is 11.1 Å². The molecule has 0 fully saturated rings. The summed E-state index contributed by atoms with van der Waals surface area (Å²) in [6, 6.07) is 18.7. The average Bonchev–Trinajstić information content (AvgIpc) is 2.78. The minimum absolute atomic E-state index is 0.0154. The van der Waals surface area contributed by atoms with Crippen LogP contribution >= 0.6 is 0 Å². The van der Waals surface area contributed by atoms with Gasteiger partial charge >= 0.3 is 0 Å². The number of aryl methyl sites for hydroxylation is 1. The second-order valence-corrected chi connectivity index (χ2v) is 7.09. The van der Waals surface area contributed by atoms with Crippen LogP contribution in [-0.4, -0.2) is 35.8 Å². The van der Waals surface area contributed by atoms with Gasteiger partial charge in [0.1, 0.15) is 17.2 Å². The highest BCUT2D eigenvalue weighted by Crippen LogP contribution is 2.24. The van der Waals surface area contributed by atoms with Crippen molar-refractivity contribution in [2.24, 2.45) is 5.92 Å². The minimum Gasteiger partial charge on any atom is -0.484 e. The highest BCUT2D eigenvalue weighted by molar-refractivity contribution is 5.77. The van der Waals surface area contributed by atoms with Gasteiger partial charge in [-0.15, -0.1) is 0 Å². The number of nitrogens with zero attached hydrogens (tertiary/aromatic N) is 1. The van der Waals surface area contributed by atoms with Gasteiger partial charge in [0.25, 0.3) is 5.91 Å². The van der Waals surface area contributed by atoms with Gasteiger partial charge in [-0.05, 0) is 61.4 Å². The first kappa shape index (κ1) is 21.3. The molecule has 30 heavy (non-hydrogen) atoms. The van der Waals surface area contributed by atoms with Crippen LogP contribution in [0.2, 0.25) is 0 Å². The van der Waals surface area contributed by atoms with E-state index < -0.39 is 0 Å². The monoisotopic (exact) mass is 406 g/mol. The maximum atomic E-state index is 12.1. The van der Waals surface area contributed by atoms with E-state index in [-0.39, 0.29) is 25.0 Å². The first-order chi connectivity index (χ1) is 14.6. The average molecular weight is 406 g/mol. The van der Waals surface area contributed by atoms with Crippen LogP contribution in [-0.2, 0) is 11.2 Å². The third-order valence-electron chi connectivity index (χ3n) is 4.54. The van der Waals surface area contributed by atoms with Crippen LogP contribution in [0, 0.1) is 12.8 Å². The molecule has 1 aromatic heterocycles. The molecule has 0 radical (unpaired) electrons. The van der Waals surface area contributed by atoms with Crippen LogP contribution in [0.5, 0.6) is 17.2 Å². The number of rotatable bonds is 10. The van der Waals surface area contributed by atoms with E-state index >= 15 is 0 Å². The van der Waals surface area contributed by atoms with Crippen LogP contribution in [0.3, 0.4) is 0 Å². The predicted octanol–water partition coefficient (Wildman–Crippen LogP) is 3.53. The van der Waals surface area contributed by atoms with Crippen molar-refractivity contribution in [3.8, 4) is 17.2 Å². The zero-order valence-electron chi connectivity index (χ0n) is 17.0. The summed E-state index contributed by atoms with van der Waals surface area (Å²) in [5.41, 5.74) is 2.20. The third-order valence-corrected chi connectivity index (χ3v) is 4.54. The molecule has 0 spiro atoms. The molecule has 0 aliphatic rings. The summed E-state index contributed by atoms with van der Waals surface area (Å²) in [5.74, 6) is 1.72. The van der Waals surface area contributed by atoms with Gasteiger partial charge in [0.15, 0.2) is 6.61 Å². The third kappa shape index (κ3) is 6.90. The van der Waals surface area contributed by atoms with E-state index in [9.17, 15) is 9.90 Å². The van der Waals surface area contributed by atoms with Crippen molar-refractivity contribution in [1.82, 2.24) is 10.3 Å². The molecule has 1 amide bonds. The Balaban J connectivity index is 1.41. The van der Waals surface area contributed by atoms with Crippen molar-refractivity contribution >= 4 is 5.91 Å². The molecule has 0 saturated heterocycles. The summed E-state index contributed by atoms with van der Waals surface area (Å²) in [5, 5.41) is 12.3. The lowest BCUT2D eigenvalue weighted by atomic mass is 10.0. The standard InChI is InChI=1S/C24H26N2O4/c1-18-4-6-22(7-5-18)30-23-10-8-21(9-11-23)29-17-24(28)26-15-20(16-27)13-19-3-2-12-25-14-19/h2-12,14,20,27H,13,15-17H2,1H3,(H,26,28). The number of hydrogen-bond acceptors (Lipinski definition) is 5. The zero-order valence-corrected chi connectivity index (χ0v) is 17.0. The Hall–Kier alpha value is -3.38. The lowest BCUT2D eigenvalue weighted by Crippen LogP contribution is -2.35. The second-order valence-electron chi connectivity index (χ2n) is 7.09. The van der Waals surface area contributed by atoms with Crippen LogP contribution < -0.4 is 14.8 Å². The molecular formula is C24H26N2O4. The Labute approximate surface area is 176 Å². The molecule has 1 unspecified atom stereocenters. The van der Waals surface area contributed by atoms with E-state index in [0.717, 1.165) is 11.3 Å². The number of benzene rings is 2. The summed E-state index contributed by atoms with van der Waals surface area (Å²) in [7, 11) is 0. The Kier molecular flexibility index (Phi) is 7.80. The molecular weight excluding hydrogens is 380 g/mol. The molecule has 0 saturated carbocycles. The van der Waals surface area contributed by atoms with E-state index in [0.29, 0.717) is 24.5 Å².